The highest BCUT2D eigenvalue weighted by atomic mass is 16.2. The van der Waals surface area contributed by atoms with Gasteiger partial charge in [-0.05, 0) is 12.5 Å². The van der Waals surface area contributed by atoms with Gasteiger partial charge < -0.3 is 4.57 Å². The summed E-state index contributed by atoms with van der Waals surface area (Å²) in [7, 11) is 1.50. The molecule has 0 aliphatic rings. The molecule has 6 nitrogen and oxygen atoms in total. The van der Waals surface area contributed by atoms with E-state index < -0.39 is 0 Å². The molecule has 3 rings (SSSR count). The number of benzene rings is 1. The van der Waals surface area contributed by atoms with Crippen LogP contribution in [0.1, 0.15) is 12.5 Å². The molecule has 2 heterocycles. The Hall–Kier alpha value is -2.63. The van der Waals surface area contributed by atoms with E-state index in [1.165, 1.54) is 11.6 Å². The zero-order chi connectivity index (χ0) is 15.0. The molecule has 0 aliphatic carbocycles. The van der Waals surface area contributed by atoms with Gasteiger partial charge in [0.05, 0.1) is 6.33 Å². The smallest absolute Gasteiger partial charge is 0.320 e. The van der Waals surface area contributed by atoms with Crippen LogP contribution in [0.3, 0.4) is 0 Å². The lowest BCUT2D eigenvalue weighted by molar-refractivity contribution is 0.649. The highest BCUT2D eigenvalue weighted by Gasteiger charge is 2.15. The number of imidazole rings is 1. The Morgan fingerprint density at radius 2 is 1.86 bits per heavy atom. The van der Waals surface area contributed by atoms with Crippen LogP contribution in [-0.2, 0) is 20.1 Å². The minimum Gasteiger partial charge on any atom is -0.320 e. The van der Waals surface area contributed by atoms with Crippen molar-refractivity contribution in [3.63, 3.8) is 0 Å². The number of hydrogen-bond donors (Lipinski definition) is 0. The van der Waals surface area contributed by atoms with Crippen molar-refractivity contribution >= 4 is 11.2 Å². The Bertz CT molecular complexity index is 903. The number of hydrogen-bond acceptors (Lipinski definition) is 3. The molecule has 0 saturated heterocycles. The fourth-order valence-corrected chi connectivity index (χ4v) is 2.49. The first-order valence-electron chi connectivity index (χ1n) is 6.82. The van der Waals surface area contributed by atoms with E-state index in [1.54, 1.807) is 10.9 Å². The van der Waals surface area contributed by atoms with Crippen molar-refractivity contribution in [1.29, 1.82) is 0 Å². The summed E-state index contributed by atoms with van der Waals surface area (Å²) >= 11 is 0. The molecular formula is C15H16N4O2. The van der Waals surface area contributed by atoms with Crippen LogP contribution in [0.15, 0.2) is 46.2 Å². The van der Waals surface area contributed by atoms with E-state index in [0.29, 0.717) is 24.3 Å². The van der Waals surface area contributed by atoms with Crippen LogP contribution in [0.25, 0.3) is 11.2 Å². The van der Waals surface area contributed by atoms with Gasteiger partial charge in [0.25, 0.3) is 5.56 Å². The molecule has 21 heavy (non-hydrogen) atoms. The fraction of sp³-hybridized carbons (Fsp3) is 0.267. The highest BCUT2D eigenvalue weighted by molar-refractivity contribution is 5.70. The van der Waals surface area contributed by atoms with Crippen LogP contribution in [0.4, 0.5) is 0 Å². The maximum absolute atomic E-state index is 12.4. The molecule has 0 aliphatic heterocycles. The molecule has 1 aromatic carbocycles. The normalized spacial score (nSPS) is 11.1. The summed E-state index contributed by atoms with van der Waals surface area (Å²) in [6, 6.07) is 9.84. The molecule has 6 heteroatoms. The third-order valence-electron chi connectivity index (χ3n) is 3.61. The second kappa shape index (κ2) is 5.05. The molecule has 0 bridgehead atoms. The molecule has 0 radical (unpaired) electrons. The SMILES string of the molecule is CCn1c(=O)n(C)c(=O)c2c1ncn2Cc1ccccc1. The molecule has 0 atom stereocenters. The largest absolute Gasteiger partial charge is 0.332 e. The Balaban J connectivity index is 2.25. The van der Waals surface area contributed by atoms with Gasteiger partial charge in [-0.1, -0.05) is 30.3 Å². The average molecular weight is 284 g/mol. The number of aromatic nitrogens is 4. The second-order valence-electron chi connectivity index (χ2n) is 4.92. The van der Waals surface area contributed by atoms with Gasteiger partial charge in [0.1, 0.15) is 0 Å². The summed E-state index contributed by atoms with van der Waals surface area (Å²) in [5, 5.41) is 0. The Labute approximate surface area is 120 Å². The first kappa shape index (κ1) is 13.4. The van der Waals surface area contributed by atoms with Crippen molar-refractivity contribution in [2.24, 2.45) is 7.05 Å². The lowest BCUT2D eigenvalue weighted by Crippen LogP contribution is -2.38. The highest BCUT2D eigenvalue weighted by Crippen LogP contribution is 2.10. The third-order valence-corrected chi connectivity index (χ3v) is 3.61. The Morgan fingerprint density at radius 1 is 1.14 bits per heavy atom. The molecule has 0 amide bonds. The zero-order valence-electron chi connectivity index (χ0n) is 12.0. The van der Waals surface area contributed by atoms with Crippen molar-refractivity contribution in [3.8, 4) is 0 Å². The molecule has 108 valence electrons. The van der Waals surface area contributed by atoms with E-state index in [9.17, 15) is 9.59 Å². The standard InChI is InChI=1S/C15H16N4O2/c1-3-19-13-12(14(20)17(2)15(19)21)18(10-16-13)9-11-7-5-4-6-8-11/h4-8,10H,3,9H2,1-2H3. The summed E-state index contributed by atoms with van der Waals surface area (Å²) in [5.41, 5.74) is 1.34. The number of rotatable bonds is 3. The van der Waals surface area contributed by atoms with E-state index in [1.807, 2.05) is 37.3 Å². The summed E-state index contributed by atoms with van der Waals surface area (Å²) < 4.78 is 4.44. The molecule has 0 spiro atoms. The average Bonchev–Trinajstić information content (AvgIpc) is 2.90. The lowest BCUT2D eigenvalue weighted by atomic mass is 10.2. The lowest BCUT2D eigenvalue weighted by Gasteiger charge is -2.08. The topological polar surface area (TPSA) is 61.8 Å². The van der Waals surface area contributed by atoms with E-state index in [4.69, 9.17) is 0 Å². The maximum Gasteiger partial charge on any atom is 0.332 e. The summed E-state index contributed by atoms with van der Waals surface area (Å²) in [4.78, 5) is 28.7. The van der Waals surface area contributed by atoms with Crippen molar-refractivity contribution < 1.29 is 0 Å². The van der Waals surface area contributed by atoms with Gasteiger partial charge in [-0.25, -0.2) is 9.78 Å². The number of nitrogens with zero attached hydrogens (tertiary/aromatic N) is 4. The predicted molar refractivity (Wildman–Crippen MR) is 80.5 cm³/mol. The van der Waals surface area contributed by atoms with Gasteiger partial charge >= 0.3 is 5.69 Å². The van der Waals surface area contributed by atoms with Gasteiger partial charge in [-0.15, -0.1) is 0 Å². The van der Waals surface area contributed by atoms with Crippen molar-refractivity contribution in [1.82, 2.24) is 18.7 Å². The molecule has 0 N–H and O–H groups in total. The van der Waals surface area contributed by atoms with Gasteiger partial charge in [-0.3, -0.25) is 13.9 Å². The number of aryl methyl sites for hydroxylation is 1. The Kier molecular flexibility index (Phi) is 3.21. The molecule has 2 aromatic heterocycles. The van der Waals surface area contributed by atoms with Gasteiger partial charge in [0.15, 0.2) is 11.2 Å². The van der Waals surface area contributed by atoms with Crippen LogP contribution in [0.5, 0.6) is 0 Å². The van der Waals surface area contributed by atoms with Crippen LogP contribution >= 0.6 is 0 Å². The minimum atomic E-state index is -0.333. The fourth-order valence-electron chi connectivity index (χ4n) is 2.49. The van der Waals surface area contributed by atoms with Gasteiger partial charge in [-0.2, -0.15) is 0 Å². The molecular weight excluding hydrogens is 268 g/mol. The van der Waals surface area contributed by atoms with Crippen molar-refractivity contribution in [2.45, 2.75) is 20.0 Å². The van der Waals surface area contributed by atoms with E-state index >= 15 is 0 Å². The molecule has 3 aromatic rings. The van der Waals surface area contributed by atoms with Crippen molar-refractivity contribution in [3.05, 3.63) is 63.1 Å². The Morgan fingerprint density at radius 3 is 2.52 bits per heavy atom. The zero-order valence-corrected chi connectivity index (χ0v) is 12.0. The third kappa shape index (κ3) is 2.08. The number of fused-ring (bicyclic) bond motifs is 1. The monoisotopic (exact) mass is 284 g/mol. The van der Waals surface area contributed by atoms with Crippen LogP contribution in [-0.4, -0.2) is 18.7 Å². The van der Waals surface area contributed by atoms with Crippen molar-refractivity contribution in [2.75, 3.05) is 0 Å². The maximum atomic E-state index is 12.4. The molecule has 0 fully saturated rings. The van der Waals surface area contributed by atoms with E-state index in [0.717, 1.165) is 10.1 Å². The van der Waals surface area contributed by atoms with Crippen LogP contribution in [0, 0.1) is 0 Å². The van der Waals surface area contributed by atoms with Crippen LogP contribution < -0.4 is 11.2 Å². The quantitative estimate of drug-likeness (QED) is 0.720. The van der Waals surface area contributed by atoms with Gasteiger partial charge in [0, 0.05) is 20.1 Å². The van der Waals surface area contributed by atoms with Crippen LogP contribution in [0.2, 0.25) is 0 Å². The molecule has 0 unspecified atom stereocenters. The second-order valence-corrected chi connectivity index (χ2v) is 4.92. The predicted octanol–water partition coefficient (Wildman–Crippen LogP) is 0.965. The summed E-state index contributed by atoms with van der Waals surface area (Å²) in [6.07, 6.45) is 1.62. The van der Waals surface area contributed by atoms with E-state index in [-0.39, 0.29) is 11.2 Å². The first-order chi connectivity index (χ1) is 10.1. The van der Waals surface area contributed by atoms with E-state index in [2.05, 4.69) is 4.98 Å². The summed E-state index contributed by atoms with van der Waals surface area (Å²) in [5.74, 6) is 0. The van der Waals surface area contributed by atoms with Gasteiger partial charge in [0.2, 0.25) is 0 Å². The molecule has 0 saturated carbocycles. The first-order valence-corrected chi connectivity index (χ1v) is 6.82. The minimum absolute atomic E-state index is 0.312. The summed E-state index contributed by atoms with van der Waals surface area (Å²) in [6.45, 7) is 2.89.